The van der Waals surface area contributed by atoms with E-state index < -0.39 is 0 Å². The molecule has 1 aromatic carbocycles. The maximum absolute atomic E-state index is 11.0. The molecule has 0 bridgehead atoms. The van der Waals surface area contributed by atoms with Gasteiger partial charge in [0.1, 0.15) is 11.3 Å². The lowest BCUT2D eigenvalue weighted by Gasteiger charge is -2.21. The van der Waals surface area contributed by atoms with Gasteiger partial charge in [-0.3, -0.25) is 4.79 Å². The molecule has 0 unspecified atom stereocenters. The van der Waals surface area contributed by atoms with E-state index in [9.17, 15) is 4.79 Å². The Balaban J connectivity index is 2.53. The zero-order chi connectivity index (χ0) is 13.6. The molecule has 0 amide bonds. The van der Waals surface area contributed by atoms with Crippen LogP contribution >= 0.6 is 0 Å². The van der Waals surface area contributed by atoms with Gasteiger partial charge in [-0.05, 0) is 11.5 Å². The van der Waals surface area contributed by atoms with Crippen LogP contribution in [0, 0.1) is 0 Å². The molecular formula is C16H16N2O. The highest BCUT2D eigenvalue weighted by Gasteiger charge is 2.19. The second-order valence-electron chi connectivity index (χ2n) is 5.84. The van der Waals surface area contributed by atoms with Crippen LogP contribution in [0.4, 0.5) is 0 Å². The van der Waals surface area contributed by atoms with Crippen molar-refractivity contribution in [2.75, 3.05) is 0 Å². The number of fused-ring (bicyclic) bond motifs is 3. The summed E-state index contributed by atoms with van der Waals surface area (Å²) in [4.78, 5) is 15.4. The molecule has 96 valence electrons. The van der Waals surface area contributed by atoms with Gasteiger partial charge in [0.2, 0.25) is 0 Å². The van der Waals surface area contributed by atoms with Gasteiger partial charge in [0.25, 0.3) is 0 Å². The maximum Gasteiger partial charge on any atom is 0.170 e. The minimum Gasteiger partial charge on any atom is -0.302 e. The molecule has 0 atom stereocenters. The number of nitrogens with zero attached hydrogens (tertiary/aromatic N) is 2. The van der Waals surface area contributed by atoms with E-state index in [1.165, 1.54) is 0 Å². The van der Waals surface area contributed by atoms with E-state index in [2.05, 4.69) is 37.9 Å². The molecule has 0 radical (unpaired) electrons. The molecular weight excluding hydrogens is 236 g/mol. The van der Waals surface area contributed by atoms with Crippen molar-refractivity contribution in [3.63, 3.8) is 0 Å². The predicted molar refractivity (Wildman–Crippen MR) is 76.8 cm³/mol. The Morgan fingerprint density at radius 2 is 1.95 bits per heavy atom. The summed E-state index contributed by atoms with van der Waals surface area (Å²) in [6.07, 6.45) is 2.61. The number of hydrogen-bond acceptors (Lipinski definition) is 2. The SMILES string of the molecule is CC(C)(C)c1cc2ccccc2c2nc(C=O)cn12. The molecule has 0 aliphatic carbocycles. The summed E-state index contributed by atoms with van der Waals surface area (Å²) in [6.45, 7) is 6.49. The van der Waals surface area contributed by atoms with Crippen LogP contribution in [0.25, 0.3) is 16.4 Å². The second kappa shape index (κ2) is 3.92. The third-order valence-electron chi connectivity index (χ3n) is 3.37. The average molecular weight is 252 g/mol. The smallest absolute Gasteiger partial charge is 0.170 e. The highest BCUT2D eigenvalue weighted by molar-refractivity contribution is 5.95. The summed E-state index contributed by atoms with van der Waals surface area (Å²) in [5.74, 6) is 0. The maximum atomic E-state index is 11.0. The number of rotatable bonds is 1. The first-order chi connectivity index (χ1) is 9.00. The van der Waals surface area contributed by atoms with Gasteiger partial charge in [0.05, 0.1) is 0 Å². The lowest BCUT2D eigenvalue weighted by molar-refractivity contribution is 0.111. The van der Waals surface area contributed by atoms with Crippen molar-refractivity contribution in [2.24, 2.45) is 0 Å². The van der Waals surface area contributed by atoms with Gasteiger partial charge in [0.15, 0.2) is 6.29 Å². The lowest BCUT2D eigenvalue weighted by atomic mass is 9.90. The molecule has 19 heavy (non-hydrogen) atoms. The summed E-state index contributed by atoms with van der Waals surface area (Å²) in [6, 6.07) is 10.3. The first kappa shape index (κ1) is 11.9. The normalized spacial score (nSPS) is 12.2. The van der Waals surface area contributed by atoms with Crippen LogP contribution in [0.1, 0.15) is 37.0 Å². The molecule has 3 aromatic rings. The Morgan fingerprint density at radius 3 is 2.63 bits per heavy atom. The number of carbonyl (C=O) groups is 1. The first-order valence-corrected chi connectivity index (χ1v) is 6.37. The minimum atomic E-state index is -0.0108. The summed E-state index contributed by atoms with van der Waals surface area (Å²) < 4.78 is 2.03. The molecule has 0 aliphatic rings. The number of benzene rings is 1. The molecule has 0 N–H and O–H groups in total. The highest BCUT2D eigenvalue weighted by atomic mass is 16.1. The van der Waals surface area contributed by atoms with Gasteiger partial charge >= 0.3 is 0 Å². The highest BCUT2D eigenvalue weighted by Crippen LogP contribution is 2.29. The first-order valence-electron chi connectivity index (χ1n) is 6.37. The molecule has 2 aromatic heterocycles. The quantitative estimate of drug-likeness (QED) is 0.620. The fraction of sp³-hybridized carbons (Fsp3) is 0.250. The Morgan fingerprint density at radius 1 is 1.21 bits per heavy atom. The van der Waals surface area contributed by atoms with Crippen molar-refractivity contribution in [2.45, 2.75) is 26.2 Å². The Hall–Kier alpha value is -2.16. The molecule has 3 heteroatoms. The van der Waals surface area contributed by atoms with Crippen LogP contribution in [-0.2, 0) is 5.41 Å². The molecule has 3 rings (SSSR count). The zero-order valence-electron chi connectivity index (χ0n) is 11.3. The number of carbonyl (C=O) groups excluding carboxylic acids is 1. The Labute approximate surface area is 111 Å². The number of imidazole rings is 1. The summed E-state index contributed by atoms with van der Waals surface area (Å²) in [5.41, 5.74) is 2.47. The van der Waals surface area contributed by atoms with E-state index >= 15 is 0 Å². The van der Waals surface area contributed by atoms with Gasteiger partial charge in [0, 0.05) is 22.7 Å². The van der Waals surface area contributed by atoms with Gasteiger partial charge in [-0.15, -0.1) is 0 Å². The van der Waals surface area contributed by atoms with Crippen molar-refractivity contribution in [1.82, 2.24) is 9.38 Å². The molecule has 0 aliphatic heterocycles. The van der Waals surface area contributed by atoms with Crippen molar-refractivity contribution in [3.8, 4) is 0 Å². The topological polar surface area (TPSA) is 34.4 Å². The van der Waals surface area contributed by atoms with Gasteiger partial charge < -0.3 is 4.40 Å². The van der Waals surface area contributed by atoms with Crippen molar-refractivity contribution in [3.05, 3.63) is 47.9 Å². The molecule has 0 saturated carbocycles. The fourth-order valence-electron chi connectivity index (χ4n) is 2.45. The van der Waals surface area contributed by atoms with Crippen LogP contribution in [0.5, 0.6) is 0 Å². The molecule has 3 nitrogen and oxygen atoms in total. The summed E-state index contributed by atoms with van der Waals surface area (Å²) >= 11 is 0. The van der Waals surface area contributed by atoms with E-state index in [-0.39, 0.29) is 5.41 Å². The van der Waals surface area contributed by atoms with Crippen molar-refractivity contribution >= 4 is 22.7 Å². The standard InChI is InChI=1S/C16H16N2O/c1-16(2,3)14-8-11-6-4-5-7-13(11)15-17-12(10-19)9-18(14)15/h4-10H,1-3H3. The predicted octanol–water partition coefficient (Wildman–Crippen LogP) is 3.60. The van der Waals surface area contributed by atoms with Crippen LogP contribution in [0.15, 0.2) is 36.5 Å². The van der Waals surface area contributed by atoms with Gasteiger partial charge in [-0.2, -0.15) is 0 Å². The van der Waals surface area contributed by atoms with E-state index in [4.69, 9.17) is 0 Å². The monoisotopic (exact) mass is 252 g/mol. The second-order valence-corrected chi connectivity index (χ2v) is 5.84. The van der Waals surface area contributed by atoms with E-state index in [1.54, 1.807) is 0 Å². The number of hydrogen-bond donors (Lipinski definition) is 0. The van der Waals surface area contributed by atoms with Crippen LogP contribution < -0.4 is 0 Å². The molecule has 0 saturated heterocycles. The zero-order valence-corrected chi connectivity index (χ0v) is 11.3. The van der Waals surface area contributed by atoms with Crippen molar-refractivity contribution in [1.29, 1.82) is 0 Å². The van der Waals surface area contributed by atoms with Gasteiger partial charge in [-0.25, -0.2) is 4.98 Å². The third-order valence-corrected chi connectivity index (χ3v) is 3.37. The molecule has 0 spiro atoms. The Kier molecular flexibility index (Phi) is 2.45. The van der Waals surface area contributed by atoms with Crippen molar-refractivity contribution < 1.29 is 4.79 Å². The summed E-state index contributed by atoms with van der Waals surface area (Å²) in [7, 11) is 0. The average Bonchev–Trinajstić information content (AvgIpc) is 2.80. The number of aldehydes is 1. The number of aromatic nitrogens is 2. The summed E-state index contributed by atoms with van der Waals surface area (Å²) in [5, 5.41) is 2.23. The van der Waals surface area contributed by atoms with E-state index in [1.807, 2.05) is 28.8 Å². The van der Waals surface area contributed by atoms with Gasteiger partial charge in [-0.1, -0.05) is 45.0 Å². The lowest BCUT2D eigenvalue weighted by Crippen LogP contribution is -2.16. The molecule has 0 fully saturated rings. The molecule has 2 heterocycles. The van der Waals surface area contributed by atoms with Crippen LogP contribution in [0.3, 0.4) is 0 Å². The third kappa shape index (κ3) is 1.82. The van der Waals surface area contributed by atoms with Crippen LogP contribution in [-0.4, -0.2) is 15.7 Å². The van der Waals surface area contributed by atoms with E-state index in [0.717, 1.165) is 28.4 Å². The largest absolute Gasteiger partial charge is 0.302 e. The minimum absolute atomic E-state index is 0.0108. The van der Waals surface area contributed by atoms with E-state index in [0.29, 0.717) is 5.69 Å². The Bertz CT molecular complexity index is 778. The fourth-order valence-corrected chi connectivity index (χ4v) is 2.45. The number of pyridine rings is 1. The van der Waals surface area contributed by atoms with Crippen LogP contribution in [0.2, 0.25) is 0 Å².